The van der Waals surface area contributed by atoms with Gasteiger partial charge < -0.3 is 31.2 Å². The second kappa shape index (κ2) is 10.5. The van der Waals surface area contributed by atoms with Gasteiger partial charge in [0.2, 0.25) is 6.79 Å². The Balaban J connectivity index is 0.00000364. The number of hydrogen-bond donors (Lipinski definition) is 2. The number of aryl methyl sites for hydroxylation is 1. The second-order valence-electron chi connectivity index (χ2n) is 5.38. The number of carbonyl (C=O) groups excluding carboxylic acids is 2. The first kappa shape index (κ1) is 22.4. The zero-order valence-corrected chi connectivity index (χ0v) is 17.2. The van der Waals surface area contributed by atoms with Gasteiger partial charge in [-0.15, -0.1) is 0 Å². The van der Waals surface area contributed by atoms with Crippen molar-refractivity contribution in [1.29, 1.82) is 0 Å². The fraction of sp³-hybridized carbons (Fsp3) is 0.222. The van der Waals surface area contributed by atoms with Crippen molar-refractivity contribution in [2.24, 2.45) is 11.6 Å². The van der Waals surface area contributed by atoms with E-state index in [4.69, 9.17) is 21.1 Å². The van der Waals surface area contributed by atoms with E-state index in [2.05, 4.69) is 10.2 Å². The van der Waals surface area contributed by atoms with E-state index in [1.54, 1.807) is 19.1 Å². The monoisotopic (exact) mass is 551 g/mol. The summed E-state index contributed by atoms with van der Waals surface area (Å²) in [7, 11) is 0. The number of esters is 2. The molecule has 0 amide bonds. The molecule has 2 rings (SSSR count). The number of ether oxygens (including phenoxy) is 3. The molecule has 1 radical (unpaired) electrons. The van der Waals surface area contributed by atoms with E-state index in [1.807, 2.05) is 31.2 Å². The number of rotatable bonds is 7. The predicted molar refractivity (Wildman–Crippen MR) is 95.4 cm³/mol. The molecule has 9 heteroatoms. The summed E-state index contributed by atoms with van der Waals surface area (Å²) in [6, 6.07) is 11.3. The van der Waals surface area contributed by atoms with Crippen LogP contribution in [0.25, 0.3) is 16.2 Å². The Bertz CT molecular complexity index is 854. The van der Waals surface area contributed by atoms with Crippen LogP contribution in [0.4, 0.5) is 0 Å². The molecular formula is C18H20IrN3O5-. The summed E-state index contributed by atoms with van der Waals surface area (Å²) in [5.41, 5.74) is 9.78. The van der Waals surface area contributed by atoms with Gasteiger partial charge in [0.25, 0.3) is 0 Å². The summed E-state index contributed by atoms with van der Waals surface area (Å²) < 4.78 is 14.8. The Kier molecular flexibility index (Phi) is 8.74. The first-order chi connectivity index (χ1) is 12.4. The molecule has 0 atom stereocenters. The van der Waals surface area contributed by atoms with Gasteiger partial charge in [-0.05, 0) is 29.8 Å². The smallest absolute Gasteiger partial charge is 0.324 e. The molecule has 0 aliphatic heterocycles. The molecule has 0 bridgehead atoms. The SMILES string of the molecule is CCC(=O)OCOC(=O)/C([N-]N)=C(/N)Oc1ccc2cc(C)ccc2c1.[Ir]. The zero-order chi connectivity index (χ0) is 19.1. The molecule has 0 saturated carbocycles. The van der Waals surface area contributed by atoms with Gasteiger partial charge in [-0.2, -0.15) is 0 Å². The number of hydrogen-bond acceptors (Lipinski definition) is 7. The van der Waals surface area contributed by atoms with Gasteiger partial charge in [-0.25, -0.2) is 4.79 Å². The van der Waals surface area contributed by atoms with E-state index in [-0.39, 0.29) is 32.4 Å². The van der Waals surface area contributed by atoms with E-state index in [0.29, 0.717) is 5.75 Å². The number of nitrogens with zero attached hydrogens (tertiary/aromatic N) is 1. The maximum atomic E-state index is 11.9. The maximum absolute atomic E-state index is 11.9. The molecule has 2 aromatic carbocycles. The molecule has 0 heterocycles. The molecule has 4 N–H and O–H groups in total. The summed E-state index contributed by atoms with van der Waals surface area (Å²) in [6.07, 6.45) is 0.161. The molecule has 8 nitrogen and oxygen atoms in total. The molecule has 27 heavy (non-hydrogen) atoms. The number of nitrogens with two attached hydrogens (primary N) is 2. The van der Waals surface area contributed by atoms with Crippen LogP contribution in [-0.2, 0) is 39.2 Å². The standard InChI is InChI=1S/C18H20N3O5.Ir/c1-3-15(22)24-10-25-18(23)16(21-20)17(19)26-14-7-6-12-8-11(2)4-5-13(12)9-14;/h4-9H,3,10,20H2,1-2H3,(H2,19,23);/q-1;. The largest absolute Gasteiger partial charge is 0.615 e. The van der Waals surface area contributed by atoms with Crippen molar-refractivity contribution in [2.45, 2.75) is 20.3 Å². The Morgan fingerprint density at radius 2 is 1.74 bits per heavy atom. The van der Waals surface area contributed by atoms with Gasteiger partial charge in [0.15, 0.2) is 5.88 Å². The van der Waals surface area contributed by atoms with E-state index in [9.17, 15) is 9.59 Å². The van der Waals surface area contributed by atoms with Crippen LogP contribution in [0.1, 0.15) is 18.9 Å². The molecule has 0 aliphatic carbocycles. The number of benzene rings is 2. The van der Waals surface area contributed by atoms with Crippen LogP contribution in [0.15, 0.2) is 48.0 Å². The van der Waals surface area contributed by atoms with Crippen molar-refractivity contribution >= 4 is 22.7 Å². The van der Waals surface area contributed by atoms with Crippen molar-refractivity contribution in [2.75, 3.05) is 6.79 Å². The average Bonchev–Trinajstić information content (AvgIpc) is 2.62. The topological polar surface area (TPSA) is 128 Å². The molecule has 147 valence electrons. The third-order valence-corrected chi connectivity index (χ3v) is 3.45. The van der Waals surface area contributed by atoms with Gasteiger partial charge in [-0.3, -0.25) is 4.79 Å². The summed E-state index contributed by atoms with van der Waals surface area (Å²) >= 11 is 0. The van der Waals surface area contributed by atoms with Crippen molar-refractivity contribution in [1.82, 2.24) is 0 Å². The summed E-state index contributed by atoms with van der Waals surface area (Å²) in [5.74, 6) is 3.79. The van der Waals surface area contributed by atoms with Crippen LogP contribution in [0.2, 0.25) is 0 Å². The number of carbonyl (C=O) groups is 2. The maximum Gasteiger partial charge on any atom is 0.324 e. The van der Waals surface area contributed by atoms with Gasteiger partial charge in [0, 0.05) is 32.2 Å². The fourth-order valence-electron chi connectivity index (χ4n) is 2.12. The average molecular weight is 551 g/mol. The molecule has 2 aromatic rings. The van der Waals surface area contributed by atoms with Crippen LogP contribution in [-0.4, -0.2) is 18.7 Å². The van der Waals surface area contributed by atoms with Crippen LogP contribution in [0.3, 0.4) is 0 Å². The summed E-state index contributed by atoms with van der Waals surface area (Å²) in [4.78, 5) is 22.9. The van der Waals surface area contributed by atoms with E-state index in [0.717, 1.165) is 16.3 Å². The van der Waals surface area contributed by atoms with Gasteiger partial charge >= 0.3 is 11.9 Å². The fourth-order valence-corrected chi connectivity index (χ4v) is 2.12. The molecular weight excluding hydrogens is 530 g/mol. The van der Waals surface area contributed by atoms with Gasteiger partial charge in [0.05, 0.1) is 0 Å². The zero-order valence-electron chi connectivity index (χ0n) is 14.9. The van der Waals surface area contributed by atoms with Crippen LogP contribution in [0.5, 0.6) is 5.75 Å². The molecule has 0 saturated heterocycles. The summed E-state index contributed by atoms with van der Waals surface area (Å²) in [5, 5.41) is 1.99. The first-order valence-corrected chi connectivity index (χ1v) is 7.86. The van der Waals surface area contributed by atoms with Crippen LogP contribution < -0.4 is 16.3 Å². The quantitative estimate of drug-likeness (QED) is 0.135. The normalized spacial score (nSPS) is 11.1. The molecule has 0 spiro atoms. The first-order valence-electron chi connectivity index (χ1n) is 7.86. The van der Waals surface area contributed by atoms with Crippen LogP contribution >= 0.6 is 0 Å². The Labute approximate surface area is 170 Å². The number of fused-ring (bicyclic) bond motifs is 1. The van der Waals surface area contributed by atoms with Crippen molar-refractivity contribution in [3.63, 3.8) is 0 Å². The Hall–Kier alpha value is -2.61. The van der Waals surface area contributed by atoms with Crippen molar-refractivity contribution < 1.29 is 43.9 Å². The Morgan fingerprint density at radius 1 is 1.07 bits per heavy atom. The third-order valence-electron chi connectivity index (χ3n) is 3.45. The minimum absolute atomic E-state index is 0. The van der Waals surface area contributed by atoms with Gasteiger partial charge in [-0.1, -0.05) is 36.8 Å². The van der Waals surface area contributed by atoms with Gasteiger partial charge in [0.1, 0.15) is 5.75 Å². The van der Waals surface area contributed by atoms with E-state index >= 15 is 0 Å². The summed E-state index contributed by atoms with van der Waals surface area (Å²) in [6.45, 7) is 3.05. The Morgan fingerprint density at radius 3 is 2.41 bits per heavy atom. The predicted octanol–water partition coefficient (Wildman–Crippen LogP) is 2.35. The molecule has 0 fully saturated rings. The van der Waals surface area contributed by atoms with E-state index in [1.165, 1.54) is 0 Å². The molecule has 0 unspecified atom stereocenters. The third kappa shape index (κ3) is 6.25. The molecule has 0 aromatic heterocycles. The minimum Gasteiger partial charge on any atom is -0.615 e. The minimum atomic E-state index is -0.967. The molecule has 0 aliphatic rings. The van der Waals surface area contributed by atoms with Crippen LogP contribution in [0, 0.1) is 6.92 Å². The van der Waals surface area contributed by atoms with E-state index < -0.39 is 24.4 Å². The van der Waals surface area contributed by atoms with Crippen molar-refractivity contribution in [3.05, 3.63) is 59.0 Å². The second-order valence-corrected chi connectivity index (χ2v) is 5.38. The van der Waals surface area contributed by atoms with Crippen molar-refractivity contribution in [3.8, 4) is 5.75 Å².